The third-order valence-corrected chi connectivity index (χ3v) is 3.87. The van der Waals surface area contributed by atoms with Crippen molar-refractivity contribution in [2.24, 2.45) is 0 Å². The average molecular weight is 256 g/mol. The fraction of sp³-hybridized carbons (Fsp3) is 1.00. The highest BCUT2D eigenvalue weighted by Crippen LogP contribution is 2.21. The molecule has 0 aromatic rings. The summed E-state index contributed by atoms with van der Waals surface area (Å²) < 4.78 is 11.5. The molecule has 0 bridgehead atoms. The Kier molecular flexibility index (Phi) is 5.42. The lowest BCUT2D eigenvalue weighted by atomic mass is 10.1. The number of rotatable bonds is 5. The number of nitrogens with one attached hydrogen (secondary N) is 1. The molecule has 0 radical (unpaired) electrons. The molecule has 2 saturated heterocycles. The molecule has 106 valence electrons. The SMILES string of the molecule is CC(C)NCC1COCCN1CC1CCC(C)O1. The van der Waals surface area contributed by atoms with Crippen LogP contribution in [0.4, 0.5) is 0 Å². The molecular formula is C14H28N2O2. The van der Waals surface area contributed by atoms with Gasteiger partial charge in [-0.1, -0.05) is 13.8 Å². The maximum Gasteiger partial charge on any atom is 0.0706 e. The molecule has 4 heteroatoms. The summed E-state index contributed by atoms with van der Waals surface area (Å²) in [6.07, 6.45) is 3.30. The second-order valence-corrected chi connectivity index (χ2v) is 5.93. The van der Waals surface area contributed by atoms with E-state index >= 15 is 0 Å². The van der Waals surface area contributed by atoms with Crippen molar-refractivity contribution in [2.75, 3.05) is 32.8 Å². The Balaban J connectivity index is 1.79. The largest absolute Gasteiger partial charge is 0.378 e. The van der Waals surface area contributed by atoms with Gasteiger partial charge < -0.3 is 14.8 Å². The number of hydrogen-bond donors (Lipinski definition) is 1. The van der Waals surface area contributed by atoms with Gasteiger partial charge in [0.1, 0.15) is 0 Å². The zero-order chi connectivity index (χ0) is 13.0. The monoisotopic (exact) mass is 256 g/mol. The van der Waals surface area contributed by atoms with Crippen LogP contribution >= 0.6 is 0 Å². The van der Waals surface area contributed by atoms with Crippen LogP contribution in [0, 0.1) is 0 Å². The van der Waals surface area contributed by atoms with Gasteiger partial charge in [0.05, 0.1) is 25.4 Å². The summed E-state index contributed by atoms with van der Waals surface area (Å²) in [5.74, 6) is 0. The van der Waals surface area contributed by atoms with Gasteiger partial charge in [0.25, 0.3) is 0 Å². The lowest BCUT2D eigenvalue weighted by Gasteiger charge is -2.37. The summed E-state index contributed by atoms with van der Waals surface area (Å²) in [5, 5.41) is 3.52. The van der Waals surface area contributed by atoms with Crippen molar-refractivity contribution < 1.29 is 9.47 Å². The van der Waals surface area contributed by atoms with Gasteiger partial charge in [-0.3, -0.25) is 4.90 Å². The molecule has 1 N–H and O–H groups in total. The van der Waals surface area contributed by atoms with E-state index < -0.39 is 0 Å². The van der Waals surface area contributed by atoms with Crippen molar-refractivity contribution >= 4 is 0 Å². The van der Waals surface area contributed by atoms with Crippen molar-refractivity contribution in [3.05, 3.63) is 0 Å². The first-order chi connectivity index (χ1) is 8.65. The second-order valence-electron chi connectivity index (χ2n) is 5.93. The zero-order valence-electron chi connectivity index (χ0n) is 12.0. The first-order valence-corrected chi connectivity index (χ1v) is 7.35. The predicted octanol–water partition coefficient (Wildman–Crippen LogP) is 1.25. The maximum atomic E-state index is 5.94. The van der Waals surface area contributed by atoms with Crippen LogP contribution in [0.3, 0.4) is 0 Å². The van der Waals surface area contributed by atoms with Gasteiger partial charge >= 0.3 is 0 Å². The van der Waals surface area contributed by atoms with Crippen LogP contribution in [0.1, 0.15) is 33.6 Å². The van der Waals surface area contributed by atoms with Gasteiger partial charge in [-0.15, -0.1) is 0 Å². The molecular weight excluding hydrogens is 228 g/mol. The molecule has 2 rings (SSSR count). The summed E-state index contributed by atoms with van der Waals surface area (Å²) in [6, 6.07) is 1.04. The van der Waals surface area contributed by atoms with E-state index in [2.05, 4.69) is 31.0 Å². The molecule has 0 aliphatic carbocycles. The molecule has 2 fully saturated rings. The van der Waals surface area contributed by atoms with Gasteiger partial charge in [0.2, 0.25) is 0 Å². The smallest absolute Gasteiger partial charge is 0.0706 e. The van der Waals surface area contributed by atoms with Crippen LogP contribution in [0.2, 0.25) is 0 Å². The topological polar surface area (TPSA) is 33.7 Å². The lowest BCUT2D eigenvalue weighted by molar-refractivity contribution is -0.0385. The zero-order valence-corrected chi connectivity index (χ0v) is 12.0. The lowest BCUT2D eigenvalue weighted by Crippen LogP contribution is -2.53. The Morgan fingerprint density at radius 3 is 2.83 bits per heavy atom. The Hall–Kier alpha value is -0.160. The minimum absolute atomic E-state index is 0.430. The van der Waals surface area contributed by atoms with Crippen molar-refractivity contribution in [3.63, 3.8) is 0 Å². The Morgan fingerprint density at radius 2 is 2.17 bits per heavy atom. The van der Waals surface area contributed by atoms with Crippen molar-refractivity contribution in [3.8, 4) is 0 Å². The number of morpholine rings is 1. The van der Waals surface area contributed by atoms with Crippen molar-refractivity contribution in [1.82, 2.24) is 10.2 Å². The molecule has 18 heavy (non-hydrogen) atoms. The normalized spacial score (nSPS) is 34.3. The highest BCUT2D eigenvalue weighted by atomic mass is 16.5. The number of nitrogens with zero attached hydrogens (tertiary/aromatic N) is 1. The molecule has 2 aliphatic heterocycles. The first kappa shape index (κ1) is 14.3. The fourth-order valence-corrected chi connectivity index (χ4v) is 2.77. The van der Waals surface area contributed by atoms with Crippen molar-refractivity contribution in [2.45, 2.75) is 57.9 Å². The second kappa shape index (κ2) is 6.85. The van der Waals surface area contributed by atoms with E-state index in [1.807, 2.05) is 0 Å². The summed E-state index contributed by atoms with van der Waals surface area (Å²) in [4.78, 5) is 2.54. The van der Waals surface area contributed by atoms with Crippen LogP contribution in [0.25, 0.3) is 0 Å². The van der Waals surface area contributed by atoms with Crippen molar-refractivity contribution in [1.29, 1.82) is 0 Å². The van der Waals surface area contributed by atoms with Gasteiger partial charge in [0, 0.05) is 31.7 Å². The Morgan fingerprint density at radius 1 is 1.33 bits per heavy atom. The van der Waals surface area contributed by atoms with Gasteiger partial charge in [0.15, 0.2) is 0 Å². The standard InChI is InChI=1S/C14H28N2O2/c1-11(2)15-8-13-10-17-7-6-16(13)9-14-5-4-12(3)18-14/h11-15H,4-10H2,1-3H3. The minimum atomic E-state index is 0.430. The molecule has 0 spiro atoms. The highest BCUT2D eigenvalue weighted by Gasteiger charge is 2.29. The molecule has 4 nitrogen and oxygen atoms in total. The van der Waals surface area contributed by atoms with Crippen LogP contribution in [-0.2, 0) is 9.47 Å². The fourth-order valence-electron chi connectivity index (χ4n) is 2.77. The molecule has 0 saturated carbocycles. The first-order valence-electron chi connectivity index (χ1n) is 7.35. The van der Waals surface area contributed by atoms with E-state index in [9.17, 15) is 0 Å². The molecule has 2 heterocycles. The summed E-state index contributed by atoms with van der Waals surface area (Å²) in [5.41, 5.74) is 0. The molecule has 2 aliphatic rings. The molecule has 0 aromatic heterocycles. The Bertz CT molecular complexity index is 248. The van der Waals surface area contributed by atoms with Gasteiger partial charge in [-0.2, -0.15) is 0 Å². The van der Waals surface area contributed by atoms with Crippen LogP contribution in [0.5, 0.6) is 0 Å². The molecule has 0 amide bonds. The van der Waals surface area contributed by atoms with E-state index in [1.165, 1.54) is 12.8 Å². The summed E-state index contributed by atoms with van der Waals surface area (Å²) >= 11 is 0. The van der Waals surface area contributed by atoms with Crippen LogP contribution < -0.4 is 5.32 Å². The predicted molar refractivity (Wildman–Crippen MR) is 72.9 cm³/mol. The Labute approximate surface area is 111 Å². The molecule has 3 unspecified atom stereocenters. The summed E-state index contributed by atoms with van der Waals surface area (Å²) in [7, 11) is 0. The van der Waals surface area contributed by atoms with Gasteiger partial charge in [-0.05, 0) is 19.8 Å². The number of hydrogen-bond acceptors (Lipinski definition) is 4. The number of ether oxygens (including phenoxy) is 2. The van der Waals surface area contributed by atoms with E-state index in [1.54, 1.807) is 0 Å². The highest BCUT2D eigenvalue weighted by molar-refractivity contribution is 4.82. The van der Waals surface area contributed by atoms with E-state index in [0.717, 1.165) is 32.8 Å². The minimum Gasteiger partial charge on any atom is -0.378 e. The summed E-state index contributed by atoms with van der Waals surface area (Å²) in [6.45, 7) is 11.4. The average Bonchev–Trinajstić information content (AvgIpc) is 2.73. The third kappa shape index (κ3) is 4.19. The van der Waals surface area contributed by atoms with E-state index in [0.29, 0.717) is 24.3 Å². The molecule has 0 aromatic carbocycles. The third-order valence-electron chi connectivity index (χ3n) is 3.87. The van der Waals surface area contributed by atoms with E-state index in [4.69, 9.17) is 9.47 Å². The van der Waals surface area contributed by atoms with Gasteiger partial charge in [-0.25, -0.2) is 0 Å². The van der Waals surface area contributed by atoms with E-state index in [-0.39, 0.29) is 0 Å². The van der Waals surface area contributed by atoms with Crippen LogP contribution in [0.15, 0.2) is 0 Å². The van der Waals surface area contributed by atoms with Crippen LogP contribution in [-0.4, -0.2) is 62.0 Å². The maximum absolute atomic E-state index is 5.94. The molecule has 3 atom stereocenters. The quantitative estimate of drug-likeness (QED) is 0.803.